The molecular weight excluding hydrogens is 297 g/mol. The predicted molar refractivity (Wildman–Crippen MR) is 87.9 cm³/mol. The lowest BCUT2D eigenvalue weighted by atomic mass is 10.1. The van der Waals surface area contributed by atoms with Crippen molar-refractivity contribution in [2.24, 2.45) is 0 Å². The smallest absolute Gasteiger partial charge is 0.138 e. The van der Waals surface area contributed by atoms with Gasteiger partial charge in [-0.05, 0) is 49.4 Å². The highest BCUT2D eigenvalue weighted by molar-refractivity contribution is 7.19. The van der Waals surface area contributed by atoms with E-state index in [4.69, 9.17) is 0 Å². The van der Waals surface area contributed by atoms with E-state index in [1.165, 1.54) is 34.4 Å². The zero-order valence-corrected chi connectivity index (χ0v) is 13.1. The van der Waals surface area contributed by atoms with Gasteiger partial charge in [-0.25, -0.2) is 14.4 Å². The van der Waals surface area contributed by atoms with Crippen molar-refractivity contribution in [1.29, 1.82) is 0 Å². The van der Waals surface area contributed by atoms with E-state index < -0.39 is 0 Å². The van der Waals surface area contributed by atoms with Gasteiger partial charge in [0.25, 0.3) is 0 Å². The largest absolute Gasteiger partial charge is 0.363 e. The van der Waals surface area contributed by atoms with Crippen molar-refractivity contribution in [2.75, 3.05) is 5.32 Å². The van der Waals surface area contributed by atoms with Crippen LogP contribution in [-0.2, 0) is 12.8 Å². The fourth-order valence-electron chi connectivity index (χ4n) is 3.08. The first-order chi connectivity index (χ1) is 10.7. The summed E-state index contributed by atoms with van der Waals surface area (Å²) >= 11 is 1.78. The number of halogens is 1. The second-order valence-electron chi connectivity index (χ2n) is 5.68. The number of nitrogens with zero attached hydrogens (tertiary/aromatic N) is 2. The highest BCUT2D eigenvalue weighted by atomic mass is 32.1. The standard InChI is InChI=1S/C17H16FN3S/c1-10(11-5-7-12(18)8-6-11)21-16-15-13-3-2-4-14(13)22-17(15)20-9-19-16/h5-10H,2-4H2,1H3,(H,19,20,21)/t10-/m1/s1. The summed E-state index contributed by atoms with van der Waals surface area (Å²) in [6, 6.07) is 6.67. The molecule has 5 heteroatoms. The number of fused-ring (bicyclic) bond motifs is 3. The first-order valence-electron chi connectivity index (χ1n) is 7.49. The molecule has 0 radical (unpaired) electrons. The molecule has 0 bridgehead atoms. The van der Waals surface area contributed by atoms with Gasteiger partial charge in [-0.1, -0.05) is 12.1 Å². The van der Waals surface area contributed by atoms with Crippen molar-refractivity contribution in [2.45, 2.75) is 32.2 Å². The van der Waals surface area contributed by atoms with E-state index >= 15 is 0 Å². The molecule has 1 aliphatic carbocycles. The third-order valence-electron chi connectivity index (χ3n) is 4.22. The molecule has 2 aromatic heterocycles. The van der Waals surface area contributed by atoms with Crippen molar-refractivity contribution >= 4 is 27.4 Å². The van der Waals surface area contributed by atoms with Gasteiger partial charge in [-0.2, -0.15) is 0 Å². The number of hydrogen-bond donors (Lipinski definition) is 1. The van der Waals surface area contributed by atoms with Gasteiger partial charge < -0.3 is 5.32 Å². The molecule has 1 N–H and O–H groups in total. The monoisotopic (exact) mass is 313 g/mol. The Morgan fingerprint density at radius 2 is 2.00 bits per heavy atom. The lowest BCUT2D eigenvalue weighted by Gasteiger charge is -2.16. The molecule has 0 spiro atoms. The molecule has 3 aromatic rings. The summed E-state index contributed by atoms with van der Waals surface area (Å²) < 4.78 is 13.1. The van der Waals surface area contributed by atoms with Crippen molar-refractivity contribution in [1.82, 2.24) is 9.97 Å². The molecule has 0 amide bonds. The maximum Gasteiger partial charge on any atom is 0.138 e. The van der Waals surface area contributed by atoms with Crippen LogP contribution >= 0.6 is 11.3 Å². The zero-order valence-electron chi connectivity index (χ0n) is 12.3. The number of anilines is 1. The minimum Gasteiger partial charge on any atom is -0.363 e. The van der Waals surface area contributed by atoms with Crippen molar-refractivity contribution in [3.8, 4) is 0 Å². The molecule has 22 heavy (non-hydrogen) atoms. The fourth-order valence-corrected chi connectivity index (χ4v) is 4.31. The molecule has 1 aromatic carbocycles. The van der Waals surface area contributed by atoms with Crippen molar-refractivity contribution in [3.05, 3.63) is 52.4 Å². The van der Waals surface area contributed by atoms with Gasteiger partial charge in [0.05, 0.1) is 5.39 Å². The summed E-state index contributed by atoms with van der Waals surface area (Å²) in [4.78, 5) is 11.4. The summed E-state index contributed by atoms with van der Waals surface area (Å²) in [6.45, 7) is 2.06. The quantitative estimate of drug-likeness (QED) is 0.774. The minimum atomic E-state index is -0.212. The Morgan fingerprint density at radius 3 is 2.82 bits per heavy atom. The molecule has 0 aliphatic heterocycles. The zero-order chi connectivity index (χ0) is 15.1. The number of aromatic nitrogens is 2. The summed E-state index contributed by atoms with van der Waals surface area (Å²) in [5.41, 5.74) is 2.45. The van der Waals surface area contributed by atoms with Crippen LogP contribution in [0.3, 0.4) is 0 Å². The average Bonchev–Trinajstić information content (AvgIpc) is 3.08. The first kappa shape index (κ1) is 13.6. The molecule has 0 unspecified atom stereocenters. The van der Waals surface area contributed by atoms with Crippen LogP contribution in [0.25, 0.3) is 10.2 Å². The van der Waals surface area contributed by atoms with E-state index in [-0.39, 0.29) is 11.9 Å². The molecule has 3 nitrogen and oxygen atoms in total. The van der Waals surface area contributed by atoms with E-state index in [1.54, 1.807) is 17.7 Å². The molecule has 4 rings (SSSR count). The molecule has 0 saturated carbocycles. The van der Waals surface area contributed by atoms with Gasteiger partial charge in [0.1, 0.15) is 22.8 Å². The summed E-state index contributed by atoms with van der Waals surface area (Å²) in [5.74, 6) is 0.678. The van der Waals surface area contributed by atoms with Crippen LogP contribution in [0.2, 0.25) is 0 Å². The molecule has 0 fully saturated rings. The molecule has 0 saturated heterocycles. The van der Waals surface area contributed by atoms with E-state index in [9.17, 15) is 4.39 Å². The Morgan fingerprint density at radius 1 is 1.18 bits per heavy atom. The highest BCUT2D eigenvalue weighted by Gasteiger charge is 2.21. The van der Waals surface area contributed by atoms with Crippen LogP contribution < -0.4 is 5.32 Å². The minimum absolute atomic E-state index is 0.0654. The Kier molecular flexibility index (Phi) is 3.30. The molecule has 2 heterocycles. The number of aryl methyl sites for hydroxylation is 2. The van der Waals surface area contributed by atoms with Gasteiger partial charge in [0, 0.05) is 10.9 Å². The third-order valence-corrected chi connectivity index (χ3v) is 5.42. The van der Waals surface area contributed by atoms with Gasteiger partial charge >= 0.3 is 0 Å². The van der Waals surface area contributed by atoms with Gasteiger partial charge in [0.2, 0.25) is 0 Å². The predicted octanol–water partition coefficient (Wildman–Crippen LogP) is 4.49. The van der Waals surface area contributed by atoms with Gasteiger partial charge in [0.15, 0.2) is 0 Å². The Balaban J connectivity index is 1.71. The Bertz CT molecular complexity index is 826. The maximum atomic E-state index is 13.1. The van der Waals surface area contributed by atoms with Crippen LogP contribution in [0.5, 0.6) is 0 Å². The van der Waals surface area contributed by atoms with E-state index in [0.717, 1.165) is 29.1 Å². The fraction of sp³-hybridized carbons (Fsp3) is 0.294. The average molecular weight is 313 g/mol. The van der Waals surface area contributed by atoms with Crippen molar-refractivity contribution < 1.29 is 4.39 Å². The summed E-state index contributed by atoms with van der Waals surface area (Å²) in [5, 5.41) is 4.64. The van der Waals surface area contributed by atoms with Crippen LogP contribution in [0, 0.1) is 5.82 Å². The summed E-state index contributed by atoms with van der Waals surface area (Å²) in [7, 11) is 0. The summed E-state index contributed by atoms with van der Waals surface area (Å²) in [6.07, 6.45) is 5.11. The number of nitrogens with one attached hydrogen (secondary N) is 1. The lowest BCUT2D eigenvalue weighted by molar-refractivity contribution is 0.626. The number of rotatable bonds is 3. The maximum absolute atomic E-state index is 13.1. The molecular formula is C17H16FN3S. The van der Waals surface area contributed by atoms with Gasteiger partial charge in [-0.15, -0.1) is 11.3 Å². The lowest BCUT2D eigenvalue weighted by Crippen LogP contribution is -2.08. The van der Waals surface area contributed by atoms with Crippen molar-refractivity contribution in [3.63, 3.8) is 0 Å². The first-order valence-corrected chi connectivity index (χ1v) is 8.31. The molecule has 1 aliphatic rings. The molecule has 112 valence electrons. The van der Waals surface area contributed by atoms with E-state index in [1.807, 2.05) is 12.1 Å². The SMILES string of the molecule is C[C@@H](Nc1ncnc2sc3c(c12)CCC3)c1ccc(F)cc1. The van der Waals surface area contributed by atoms with E-state index in [2.05, 4.69) is 22.2 Å². The van der Waals surface area contributed by atoms with Crippen LogP contribution in [0.1, 0.15) is 35.4 Å². The normalized spacial score (nSPS) is 15.0. The number of benzene rings is 1. The second-order valence-corrected chi connectivity index (χ2v) is 6.76. The third kappa shape index (κ3) is 2.25. The molecule has 1 atom stereocenters. The van der Waals surface area contributed by atoms with Crippen LogP contribution in [0.15, 0.2) is 30.6 Å². The Labute approximate surface area is 132 Å². The van der Waals surface area contributed by atoms with Crippen LogP contribution in [-0.4, -0.2) is 9.97 Å². The second kappa shape index (κ2) is 5.32. The number of hydrogen-bond acceptors (Lipinski definition) is 4. The highest BCUT2D eigenvalue weighted by Crippen LogP contribution is 2.39. The van der Waals surface area contributed by atoms with Crippen LogP contribution in [0.4, 0.5) is 10.2 Å². The van der Waals surface area contributed by atoms with E-state index in [0.29, 0.717) is 0 Å². The number of thiophene rings is 1. The Hall–Kier alpha value is -2.01. The van der Waals surface area contributed by atoms with Gasteiger partial charge in [-0.3, -0.25) is 0 Å². The topological polar surface area (TPSA) is 37.8 Å².